The molecule has 0 saturated carbocycles. The summed E-state index contributed by atoms with van der Waals surface area (Å²) in [6.45, 7) is 3.18. The fraction of sp³-hybridized carbons (Fsp3) is 0.176. The Hall–Kier alpha value is -2.89. The van der Waals surface area contributed by atoms with Gasteiger partial charge in [0.15, 0.2) is 0 Å². The molecule has 0 aliphatic heterocycles. The number of benzene rings is 2. The number of hydrogen-bond donors (Lipinski definition) is 2. The summed E-state index contributed by atoms with van der Waals surface area (Å²) >= 11 is 0. The van der Waals surface area contributed by atoms with Crippen molar-refractivity contribution in [2.75, 3.05) is 5.32 Å². The predicted octanol–water partition coefficient (Wildman–Crippen LogP) is 3.52. The van der Waals surface area contributed by atoms with Crippen LogP contribution >= 0.6 is 0 Å². The first-order chi connectivity index (χ1) is 11.2. The normalized spacial score (nSPS) is 10.7. The summed E-state index contributed by atoms with van der Waals surface area (Å²) in [4.78, 5) is 12.0. The Morgan fingerprint density at radius 3 is 2.96 bits per heavy atom. The quantitative estimate of drug-likeness (QED) is 0.774. The van der Waals surface area contributed by atoms with E-state index < -0.39 is 0 Å². The van der Waals surface area contributed by atoms with Gasteiger partial charge in [-0.05, 0) is 36.6 Å². The molecular weight excluding hydrogens is 295 g/mol. The molecule has 6 heteroatoms. The van der Waals surface area contributed by atoms with Crippen molar-refractivity contribution in [3.63, 3.8) is 0 Å². The van der Waals surface area contributed by atoms with Crippen LogP contribution in [0.3, 0.4) is 0 Å². The molecule has 2 N–H and O–H groups in total. The smallest absolute Gasteiger partial charge is 0.319 e. The van der Waals surface area contributed by atoms with Gasteiger partial charge in [-0.3, -0.25) is 4.68 Å². The standard InChI is InChI=1S/C17H17FN4O/c1-2-22-11-12(10-20-22)9-19-17(23)21-16-5-3-4-13-8-14(18)6-7-15(13)16/h3-8,10-11H,2,9H2,1H3,(H2,19,21,23). The molecule has 1 heterocycles. The van der Waals surface area contributed by atoms with Gasteiger partial charge in [0.2, 0.25) is 0 Å². The zero-order valence-corrected chi connectivity index (χ0v) is 12.7. The van der Waals surface area contributed by atoms with Crippen molar-refractivity contribution in [2.24, 2.45) is 0 Å². The Morgan fingerprint density at radius 1 is 1.30 bits per heavy atom. The molecule has 3 rings (SSSR count). The number of nitrogens with one attached hydrogen (secondary N) is 2. The maximum Gasteiger partial charge on any atom is 0.319 e. The number of aryl methyl sites for hydroxylation is 1. The SMILES string of the molecule is CCn1cc(CNC(=O)Nc2cccc3cc(F)ccc23)cn1. The summed E-state index contributed by atoms with van der Waals surface area (Å²) in [7, 11) is 0. The van der Waals surface area contributed by atoms with E-state index in [-0.39, 0.29) is 11.8 Å². The highest BCUT2D eigenvalue weighted by Gasteiger charge is 2.07. The minimum atomic E-state index is -0.314. The number of carbonyl (C=O) groups excluding carboxylic acids is 1. The van der Waals surface area contributed by atoms with Gasteiger partial charge in [0.05, 0.1) is 11.9 Å². The summed E-state index contributed by atoms with van der Waals surface area (Å²) in [5, 5.41) is 11.3. The summed E-state index contributed by atoms with van der Waals surface area (Å²) in [6, 6.07) is 9.54. The van der Waals surface area contributed by atoms with E-state index in [4.69, 9.17) is 0 Å². The Labute approximate surface area is 133 Å². The number of rotatable bonds is 4. The lowest BCUT2D eigenvalue weighted by molar-refractivity contribution is 0.252. The van der Waals surface area contributed by atoms with Crippen molar-refractivity contribution in [1.29, 1.82) is 0 Å². The molecule has 0 spiro atoms. The van der Waals surface area contributed by atoms with Crippen molar-refractivity contribution in [3.8, 4) is 0 Å². The lowest BCUT2D eigenvalue weighted by Gasteiger charge is -2.09. The molecule has 0 unspecified atom stereocenters. The van der Waals surface area contributed by atoms with Crippen LogP contribution in [0.15, 0.2) is 48.8 Å². The van der Waals surface area contributed by atoms with Gasteiger partial charge >= 0.3 is 6.03 Å². The molecule has 3 aromatic rings. The number of halogens is 1. The number of aromatic nitrogens is 2. The fourth-order valence-electron chi connectivity index (χ4n) is 2.38. The van der Waals surface area contributed by atoms with Crippen LogP contribution in [-0.2, 0) is 13.1 Å². The summed E-state index contributed by atoms with van der Waals surface area (Å²) in [5.74, 6) is -0.299. The largest absolute Gasteiger partial charge is 0.334 e. The molecule has 0 aliphatic rings. The van der Waals surface area contributed by atoms with Crippen LogP contribution in [0.1, 0.15) is 12.5 Å². The number of carbonyl (C=O) groups is 1. The van der Waals surface area contributed by atoms with Crippen LogP contribution in [0.2, 0.25) is 0 Å². The van der Waals surface area contributed by atoms with Crippen molar-refractivity contribution < 1.29 is 9.18 Å². The van der Waals surface area contributed by atoms with Gasteiger partial charge in [0.25, 0.3) is 0 Å². The van der Waals surface area contributed by atoms with Gasteiger partial charge < -0.3 is 10.6 Å². The molecule has 0 aliphatic carbocycles. The topological polar surface area (TPSA) is 59.0 Å². The summed E-state index contributed by atoms with van der Waals surface area (Å²) in [6.07, 6.45) is 3.62. The van der Waals surface area contributed by atoms with Crippen LogP contribution in [0.25, 0.3) is 10.8 Å². The second-order valence-electron chi connectivity index (χ2n) is 5.18. The van der Waals surface area contributed by atoms with Crippen LogP contribution < -0.4 is 10.6 Å². The predicted molar refractivity (Wildman–Crippen MR) is 87.7 cm³/mol. The average molecular weight is 312 g/mol. The van der Waals surface area contributed by atoms with E-state index in [0.717, 1.165) is 22.9 Å². The number of hydrogen-bond acceptors (Lipinski definition) is 2. The third-order valence-electron chi connectivity index (χ3n) is 3.55. The van der Waals surface area contributed by atoms with E-state index in [2.05, 4.69) is 15.7 Å². The lowest BCUT2D eigenvalue weighted by atomic mass is 10.1. The van der Waals surface area contributed by atoms with Crippen LogP contribution in [0, 0.1) is 5.82 Å². The second-order valence-corrected chi connectivity index (χ2v) is 5.18. The number of fused-ring (bicyclic) bond motifs is 1. The van der Waals surface area contributed by atoms with Crippen LogP contribution in [-0.4, -0.2) is 15.8 Å². The minimum Gasteiger partial charge on any atom is -0.334 e. The van der Waals surface area contributed by atoms with Gasteiger partial charge in [-0.2, -0.15) is 5.10 Å². The van der Waals surface area contributed by atoms with Gasteiger partial charge in [-0.25, -0.2) is 9.18 Å². The van der Waals surface area contributed by atoms with Crippen molar-refractivity contribution in [1.82, 2.24) is 15.1 Å². The number of amides is 2. The molecule has 5 nitrogen and oxygen atoms in total. The van der Waals surface area contributed by atoms with E-state index in [1.165, 1.54) is 12.1 Å². The first kappa shape index (κ1) is 15.0. The highest BCUT2D eigenvalue weighted by molar-refractivity contribution is 6.01. The third kappa shape index (κ3) is 3.48. The van der Waals surface area contributed by atoms with Crippen LogP contribution in [0.5, 0.6) is 0 Å². The third-order valence-corrected chi connectivity index (χ3v) is 3.55. The maximum atomic E-state index is 13.3. The van der Waals surface area contributed by atoms with E-state index in [1.807, 2.05) is 13.1 Å². The molecule has 0 radical (unpaired) electrons. The van der Waals surface area contributed by atoms with Gasteiger partial charge in [-0.15, -0.1) is 0 Å². The Morgan fingerprint density at radius 2 is 2.17 bits per heavy atom. The molecule has 118 valence electrons. The van der Waals surface area contributed by atoms with E-state index >= 15 is 0 Å². The summed E-state index contributed by atoms with van der Waals surface area (Å²) < 4.78 is 15.1. The molecule has 0 saturated heterocycles. The molecule has 0 fully saturated rings. The number of nitrogens with zero attached hydrogens (tertiary/aromatic N) is 2. The van der Waals surface area contributed by atoms with Crippen LogP contribution in [0.4, 0.5) is 14.9 Å². The van der Waals surface area contributed by atoms with Crippen molar-refractivity contribution >= 4 is 22.5 Å². The van der Waals surface area contributed by atoms with E-state index in [1.54, 1.807) is 35.1 Å². The highest BCUT2D eigenvalue weighted by atomic mass is 19.1. The first-order valence-corrected chi connectivity index (χ1v) is 7.40. The van der Waals surface area contributed by atoms with Crippen molar-refractivity contribution in [3.05, 3.63) is 60.2 Å². The molecule has 0 bridgehead atoms. The fourth-order valence-corrected chi connectivity index (χ4v) is 2.38. The van der Waals surface area contributed by atoms with Gasteiger partial charge in [0.1, 0.15) is 5.82 Å². The Kier molecular flexibility index (Phi) is 4.23. The van der Waals surface area contributed by atoms with Gasteiger partial charge in [-0.1, -0.05) is 12.1 Å². The maximum absolute atomic E-state index is 13.3. The monoisotopic (exact) mass is 312 g/mol. The first-order valence-electron chi connectivity index (χ1n) is 7.40. The van der Waals surface area contributed by atoms with Gasteiger partial charge in [0, 0.05) is 30.2 Å². The molecule has 1 aromatic heterocycles. The zero-order valence-electron chi connectivity index (χ0n) is 12.7. The molecule has 0 atom stereocenters. The molecule has 2 aromatic carbocycles. The number of urea groups is 1. The lowest BCUT2D eigenvalue weighted by Crippen LogP contribution is -2.28. The molecule has 2 amide bonds. The Balaban J connectivity index is 1.68. The van der Waals surface area contributed by atoms with E-state index in [0.29, 0.717) is 12.2 Å². The molecule has 23 heavy (non-hydrogen) atoms. The average Bonchev–Trinajstić information content (AvgIpc) is 3.01. The van der Waals surface area contributed by atoms with E-state index in [9.17, 15) is 9.18 Å². The second kappa shape index (κ2) is 6.48. The highest BCUT2D eigenvalue weighted by Crippen LogP contribution is 2.23. The van der Waals surface area contributed by atoms with Crippen molar-refractivity contribution in [2.45, 2.75) is 20.0 Å². The summed E-state index contributed by atoms with van der Waals surface area (Å²) in [5.41, 5.74) is 1.58. The zero-order chi connectivity index (χ0) is 16.2. The Bertz CT molecular complexity index is 843. The molecular formula is C17H17FN4O. The minimum absolute atomic E-state index is 0.299. The number of anilines is 1.